The van der Waals surface area contributed by atoms with Gasteiger partial charge in [-0.15, -0.1) is 5.10 Å². The molecule has 2 heterocycles. The van der Waals surface area contributed by atoms with Gasteiger partial charge in [0.25, 0.3) is 0 Å². The summed E-state index contributed by atoms with van der Waals surface area (Å²) in [6.45, 7) is 0. The van der Waals surface area contributed by atoms with Gasteiger partial charge in [-0.1, -0.05) is 28.9 Å². The Labute approximate surface area is 171 Å². The topological polar surface area (TPSA) is 85.8 Å². The number of carboxylic acids is 1. The van der Waals surface area contributed by atoms with Crippen LogP contribution in [0.4, 0.5) is 13.2 Å². The number of carboxylic acid groups (broad SMARTS) is 1. The molecule has 2 aromatic heterocycles. The highest BCUT2D eigenvalue weighted by Gasteiger charge is 2.40. The summed E-state index contributed by atoms with van der Waals surface area (Å²) in [6, 6.07) is 12.8. The lowest BCUT2D eigenvalue weighted by Gasteiger charge is -2.11. The second kappa shape index (κ2) is 7.30. The van der Waals surface area contributed by atoms with Crippen molar-refractivity contribution in [3.05, 3.63) is 77.2 Å². The molecule has 30 heavy (non-hydrogen) atoms. The highest BCUT2D eigenvalue weighted by Crippen LogP contribution is 2.34. The Balaban J connectivity index is 1.66. The standard InChI is InChI=1S/C19H11ClF3N5O2/c20-12-3-7-13(8-4-12)27-10-16(25-26-27)11-1-5-14(6-2-11)28-17(19(21,22)23)15(9-24-28)18(29)30/h1-10H,(H,29,30). The van der Waals surface area contributed by atoms with E-state index in [9.17, 15) is 18.0 Å². The molecule has 11 heteroatoms. The summed E-state index contributed by atoms with van der Waals surface area (Å²) in [7, 11) is 0. The number of benzene rings is 2. The van der Waals surface area contributed by atoms with E-state index in [1.54, 1.807) is 42.6 Å². The minimum Gasteiger partial charge on any atom is -0.478 e. The molecule has 4 rings (SSSR count). The largest absolute Gasteiger partial charge is 0.478 e. The second-order valence-corrected chi connectivity index (χ2v) is 6.63. The average Bonchev–Trinajstić information content (AvgIpc) is 3.36. The maximum atomic E-state index is 13.4. The van der Waals surface area contributed by atoms with Crippen LogP contribution in [0.3, 0.4) is 0 Å². The van der Waals surface area contributed by atoms with Gasteiger partial charge in [0.15, 0.2) is 5.69 Å². The highest BCUT2D eigenvalue weighted by atomic mass is 35.5. The van der Waals surface area contributed by atoms with Gasteiger partial charge in [-0.25, -0.2) is 14.2 Å². The predicted octanol–water partition coefficient (Wildman–Crippen LogP) is 4.49. The van der Waals surface area contributed by atoms with Crippen LogP contribution >= 0.6 is 11.6 Å². The molecule has 0 radical (unpaired) electrons. The third-order valence-electron chi connectivity index (χ3n) is 4.26. The van der Waals surface area contributed by atoms with Crippen LogP contribution in [0, 0.1) is 0 Å². The summed E-state index contributed by atoms with van der Waals surface area (Å²) >= 11 is 5.87. The molecule has 152 valence electrons. The Bertz CT molecular complexity index is 1210. The van der Waals surface area contributed by atoms with Crippen molar-refractivity contribution in [3.63, 3.8) is 0 Å². The SMILES string of the molecule is O=C(O)c1cnn(-c2ccc(-c3cn(-c4ccc(Cl)cc4)nn3)cc2)c1C(F)(F)F. The van der Waals surface area contributed by atoms with E-state index in [1.807, 2.05) is 0 Å². The summed E-state index contributed by atoms with van der Waals surface area (Å²) in [5.41, 5.74) is -0.364. The van der Waals surface area contributed by atoms with E-state index in [0.717, 1.165) is 5.69 Å². The van der Waals surface area contributed by atoms with Crippen LogP contribution in [-0.2, 0) is 6.18 Å². The molecule has 0 fully saturated rings. The first kappa shape index (κ1) is 19.6. The van der Waals surface area contributed by atoms with Crippen LogP contribution < -0.4 is 0 Å². The van der Waals surface area contributed by atoms with Crippen LogP contribution in [0.15, 0.2) is 60.9 Å². The van der Waals surface area contributed by atoms with Crippen molar-refractivity contribution in [1.82, 2.24) is 24.8 Å². The Kier molecular flexibility index (Phi) is 4.78. The summed E-state index contributed by atoms with van der Waals surface area (Å²) in [5.74, 6) is -1.70. The molecule has 0 bridgehead atoms. The molecule has 0 aliphatic carbocycles. The Morgan fingerprint density at radius 2 is 1.63 bits per heavy atom. The number of hydrogen-bond acceptors (Lipinski definition) is 4. The summed E-state index contributed by atoms with van der Waals surface area (Å²) in [4.78, 5) is 11.1. The van der Waals surface area contributed by atoms with Crippen molar-refractivity contribution in [2.24, 2.45) is 0 Å². The Hall–Kier alpha value is -3.66. The molecule has 0 aliphatic rings. The van der Waals surface area contributed by atoms with E-state index in [-0.39, 0.29) is 5.69 Å². The summed E-state index contributed by atoms with van der Waals surface area (Å²) in [6.07, 6.45) is -2.54. The number of hydrogen-bond donors (Lipinski definition) is 1. The fraction of sp³-hybridized carbons (Fsp3) is 0.0526. The minimum atomic E-state index is -4.88. The Morgan fingerprint density at radius 1 is 1.00 bits per heavy atom. The quantitative estimate of drug-likeness (QED) is 0.512. The van der Waals surface area contributed by atoms with Gasteiger partial charge in [0.2, 0.25) is 0 Å². The van der Waals surface area contributed by atoms with Gasteiger partial charge in [0, 0.05) is 10.6 Å². The van der Waals surface area contributed by atoms with Crippen LogP contribution in [0.25, 0.3) is 22.6 Å². The maximum Gasteiger partial charge on any atom is 0.434 e. The zero-order valence-electron chi connectivity index (χ0n) is 14.9. The number of rotatable bonds is 4. The molecule has 1 N–H and O–H groups in total. The van der Waals surface area contributed by atoms with E-state index < -0.39 is 23.4 Å². The lowest BCUT2D eigenvalue weighted by molar-refractivity contribution is -0.143. The highest BCUT2D eigenvalue weighted by molar-refractivity contribution is 6.30. The first-order chi connectivity index (χ1) is 14.2. The number of alkyl halides is 3. The van der Waals surface area contributed by atoms with Gasteiger partial charge in [-0.05, 0) is 36.4 Å². The van der Waals surface area contributed by atoms with E-state index >= 15 is 0 Å². The molecule has 7 nitrogen and oxygen atoms in total. The van der Waals surface area contributed by atoms with Gasteiger partial charge in [0.05, 0.1) is 23.8 Å². The zero-order chi connectivity index (χ0) is 21.5. The molecular weight excluding hydrogens is 423 g/mol. The van der Waals surface area contributed by atoms with Gasteiger partial charge in [-0.2, -0.15) is 18.3 Å². The molecule has 0 amide bonds. The van der Waals surface area contributed by atoms with E-state index in [4.69, 9.17) is 16.7 Å². The molecule has 0 atom stereocenters. The Morgan fingerprint density at radius 3 is 2.23 bits per heavy atom. The average molecular weight is 434 g/mol. The summed E-state index contributed by atoms with van der Waals surface area (Å²) in [5, 5.41) is 21.3. The van der Waals surface area contributed by atoms with Crippen molar-refractivity contribution < 1.29 is 23.1 Å². The van der Waals surface area contributed by atoms with Crippen LogP contribution in [0.1, 0.15) is 16.1 Å². The number of halogens is 4. The molecule has 0 saturated carbocycles. The number of aromatic nitrogens is 5. The van der Waals surface area contributed by atoms with Crippen LogP contribution in [0.2, 0.25) is 5.02 Å². The minimum absolute atomic E-state index is 0.0590. The number of nitrogens with zero attached hydrogens (tertiary/aromatic N) is 5. The second-order valence-electron chi connectivity index (χ2n) is 6.19. The van der Waals surface area contributed by atoms with Crippen molar-refractivity contribution in [2.45, 2.75) is 6.18 Å². The third-order valence-corrected chi connectivity index (χ3v) is 4.51. The first-order valence-electron chi connectivity index (χ1n) is 8.41. The smallest absolute Gasteiger partial charge is 0.434 e. The number of aromatic carboxylic acids is 1. The van der Waals surface area contributed by atoms with Crippen molar-refractivity contribution in [1.29, 1.82) is 0 Å². The fourth-order valence-corrected chi connectivity index (χ4v) is 2.99. The van der Waals surface area contributed by atoms with E-state index in [0.29, 0.717) is 27.2 Å². The van der Waals surface area contributed by atoms with Gasteiger partial charge in [-0.3, -0.25) is 0 Å². The maximum absolute atomic E-state index is 13.4. The van der Waals surface area contributed by atoms with Crippen molar-refractivity contribution >= 4 is 17.6 Å². The first-order valence-corrected chi connectivity index (χ1v) is 8.79. The van der Waals surface area contributed by atoms with Gasteiger partial charge in [0.1, 0.15) is 11.3 Å². The fourth-order valence-electron chi connectivity index (χ4n) is 2.86. The van der Waals surface area contributed by atoms with Crippen molar-refractivity contribution in [3.8, 4) is 22.6 Å². The molecule has 0 unspecified atom stereocenters. The monoisotopic (exact) mass is 433 g/mol. The molecular formula is C19H11ClF3N5O2. The normalized spacial score (nSPS) is 11.6. The molecule has 0 aliphatic heterocycles. The van der Waals surface area contributed by atoms with Crippen molar-refractivity contribution in [2.75, 3.05) is 0 Å². The molecule has 0 spiro atoms. The lowest BCUT2D eigenvalue weighted by Crippen LogP contribution is -2.17. The summed E-state index contributed by atoms with van der Waals surface area (Å²) < 4.78 is 42.2. The van der Waals surface area contributed by atoms with Gasteiger partial charge >= 0.3 is 12.1 Å². The predicted molar refractivity (Wildman–Crippen MR) is 101 cm³/mol. The lowest BCUT2D eigenvalue weighted by atomic mass is 10.1. The van der Waals surface area contributed by atoms with E-state index in [2.05, 4.69) is 15.4 Å². The molecule has 2 aromatic carbocycles. The molecule has 0 saturated heterocycles. The van der Waals surface area contributed by atoms with Crippen LogP contribution in [-0.4, -0.2) is 35.9 Å². The number of carbonyl (C=O) groups is 1. The van der Waals surface area contributed by atoms with E-state index in [1.165, 1.54) is 16.8 Å². The van der Waals surface area contributed by atoms with Crippen LogP contribution in [0.5, 0.6) is 0 Å². The van der Waals surface area contributed by atoms with Gasteiger partial charge < -0.3 is 5.11 Å². The molecule has 4 aromatic rings. The third kappa shape index (κ3) is 3.64. The zero-order valence-corrected chi connectivity index (χ0v) is 15.6.